The number of likely N-dealkylation sites (tertiary alicyclic amines) is 1. The number of carbonyl (C=O) groups is 1. The van der Waals surface area contributed by atoms with Gasteiger partial charge in [-0.3, -0.25) is 9.69 Å². The highest BCUT2D eigenvalue weighted by molar-refractivity contribution is 5.71. The number of rotatable bonds is 3. The van der Waals surface area contributed by atoms with Crippen LogP contribution < -0.4 is 0 Å². The molecule has 68 valence electrons. The molecule has 0 radical (unpaired) electrons. The van der Waals surface area contributed by atoms with Gasteiger partial charge in [0, 0.05) is 19.1 Å². The highest BCUT2D eigenvalue weighted by Crippen LogP contribution is 2.37. The predicted molar refractivity (Wildman–Crippen MR) is 44.9 cm³/mol. The summed E-state index contributed by atoms with van der Waals surface area (Å²) in [7, 11) is 0. The highest BCUT2D eigenvalue weighted by atomic mass is 16.4. The van der Waals surface area contributed by atoms with Gasteiger partial charge < -0.3 is 5.11 Å². The summed E-state index contributed by atoms with van der Waals surface area (Å²) in [5.41, 5.74) is 0. The molecule has 0 amide bonds. The smallest absolute Gasteiger partial charge is 0.309 e. The van der Waals surface area contributed by atoms with Crippen LogP contribution in [0, 0.1) is 11.8 Å². The van der Waals surface area contributed by atoms with Crippen LogP contribution in [0.25, 0.3) is 0 Å². The van der Waals surface area contributed by atoms with E-state index in [0.29, 0.717) is 6.04 Å². The summed E-state index contributed by atoms with van der Waals surface area (Å²) >= 11 is 0. The molecule has 1 saturated carbocycles. The molecule has 1 atom stereocenters. The van der Waals surface area contributed by atoms with Crippen molar-refractivity contribution in [1.82, 2.24) is 4.90 Å². The van der Waals surface area contributed by atoms with Gasteiger partial charge in [-0.1, -0.05) is 0 Å². The summed E-state index contributed by atoms with van der Waals surface area (Å²) in [5.74, 6) is 0.139. The lowest BCUT2D eigenvalue weighted by atomic mass is 9.97. The molecule has 2 rings (SSSR count). The van der Waals surface area contributed by atoms with Crippen molar-refractivity contribution in [3.05, 3.63) is 0 Å². The summed E-state index contributed by atoms with van der Waals surface area (Å²) in [6.45, 7) is 3.76. The first-order valence-electron chi connectivity index (χ1n) is 4.65. The Morgan fingerprint density at radius 3 is 2.50 bits per heavy atom. The van der Waals surface area contributed by atoms with Crippen molar-refractivity contribution < 1.29 is 9.90 Å². The standard InChI is InChI=1S/C9H15NO2/c1-6(7-2-3-7)10-4-8(5-10)9(11)12/h6-8H,2-5H2,1H3,(H,11,12). The minimum atomic E-state index is -0.630. The second kappa shape index (κ2) is 2.73. The molecular formula is C9H15NO2. The zero-order chi connectivity index (χ0) is 8.72. The summed E-state index contributed by atoms with van der Waals surface area (Å²) in [6, 6.07) is 0.626. The Bertz CT molecular complexity index is 195. The molecular weight excluding hydrogens is 154 g/mol. The normalized spacial score (nSPS) is 28.1. The molecule has 0 aromatic heterocycles. The largest absolute Gasteiger partial charge is 0.481 e. The van der Waals surface area contributed by atoms with Crippen molar-refractivity contribution in [3.8, 4) is 0 Å². The lowest BCUT2D eigenvalue weighted by Crippen LogP contribution is -2.54. The van der Waals surface area contributed by atoms with Gasteiger partial charge >= 0.3 is 5.97 Å². The Labute approximate surface area is 72.4 Å². The van der Waals surface area contributed by atoms with E-state index in [0.717, 1.165) is 19.0 Å². The van der Waals surface area contributed by atoms with Crippen molar-refractivity contribution in [2.24, 2.45) is 11.8 Å². The maximum absolute atomic E-state index is 10.5. The molecule has 1 aliphatic heterocycles. The minimum Gasteiger partial charge on any atom is -0.481 e. The van der Waals surface area contributed by atoms with Crippen LogP contribution >= 0.6 is 0 Å². The topological polar surface area (TPSA) is 40.5 Å². The number of aliphatic carboxylic acids is 1. The van der Waals surface area contributed by atoms with E-state index in [1.807, 2.05) is 0 Å². The first-order valence-corrected chi connectivity index (χ1v) is 4.65. The Morgan fingerprint density at radius 2 is 2.08 bits per heavy atom. The average molecular weight is 169 g/mol. The molecule has 1 aliphatic carbocycles. The Balaban J connectivity index is 1.76. The van der Waals surface area contributed by atoms with Crippen molar-refractivity contribution in [2.75, 3.05) is 13.1 Å². The number of hydrogen-bond donors (Lipinski definition) is 1. The minimum absolute atomic E-state index is 0.0915. The van der Waals surface area contributed by atoms with Gasteiger partial charge in [0.2, 0.25) is 0 Å². The number of carboxylic acid groups (broad SMARTS) is 1. The van der Waals surface area contributed by atoms with Crippen LogP contribution in [0.2, 0.25) is 0 Å². The average Bonchev–Trinajstić information content (AvgIpc) is 2.62. The zero-order valence-corrected chi connectivity index (χ0v) is 7.36. The van der Waals surface area contributed by atoms with Gasteiger partial charge in [-0.2, -0.15) is 0 Å². The zero-order valence-electron chi connectivity index (χ0n) is 7.36. The molecule has 3 heteroatoms. The van der Waals surface area contributed by atoms with E-state index in [1.54, 1.807) is 0 Å². The first kappa shape index (κ1) is 8.05. The molecule has 1 N–H and O–H groups in total. The van der Waals surface area contributed by atoms with Crippen LogP contribution in [0.5, 0.6) is 0 Å². The second-order valence-electron chi connectivity index (χ2n) is 4.07. The summed E-state index contributed by atoms with van der Waals surface area (Å²) in [5, 5.41) is 8.66. The van der Waals surface area contributed by atoms with Gasteiger partial charge in [-0.05, 0) is 25.7 Å². The molecule has 0 aromatic carbocycles. The quantitative estimate of drug-likeness (QED) is 0.679. The van der Waals surface area contributed by atoms with E-state index in [4.69, 9.17) is 5.11 Å². The van der Waals surface area contributed by atoms with E-state index in [-0.39, 0.29) is 5.92 Å². The van der Waals surface area contributed by atoms with Crippen LogP contribution in [-0.4, -0.2) is 35.1 Å². The lowest BCUT2D eigenvalue weighted by molar-refractivity contribution is -0.148. The Kier molecular flexibility index (Phi) is 1.83. The van der Waals surface area contributed by atoms with Crippen LogP contribution in [0.15, 0.2) is 0 Å². The van der Waals surface area contributed by atoms with Gasteiger partial charge in [0.15, 0.2) is 0 Å². The maximum atomic E-state index is 10.5. The fourth-order valence-electron chi connectivity index (χ4n) is 1.88. The Hall–Kier alpha value is -0.570. The van der Waals surface area contributed by atoms with E-state index in [1.165, 1.54) is 12.8 Å². The van der Waals surface area contributed by atoms with Crippen molar-refractivity contribution in [2.45, 2.75) is 25.8 Å². The lowest BCUT2D eigenvalue weighted by Gasteiger charge is -2.41. The fourth-order valence-corrected chi connectivity index (χ4v) is 1.88. The van der Waals surface area contributed by atoms with Crippen LogP contribution in [-0.2, 0) is 4.79 Å². The van der Waals surface area contributed by atoms with E-state index < -0.39 is 5.97 Å². The first-order chi connectivity index (χ1) is 5.68. The number of nitrogens with zero attached hydrogens (tertiary/aromatic N) is 1. The SMILES string of the molecule is CC(C1CC1)N1CC(C(=O)O)C1. The highest BCUT2D eigenvalue weighted by Gasteiger charge is 2.40. The number of hydrogen-bond acceptors (Lipinski definition) is 2. The monoisotopic (exact) mass is 169 g/mol. The van der Waals surface area contributed by atoms with Gasteiger partial charge in [0.25, 0.3) is 0 Å². The van der Waals surface area contributed by atoms with E-state index in [9.17, 15) is 4.79 Å². The molecule has 0 aromatic rings. The molecule has 2 fully saturated rings. The van der Waals surface area contributed by atoms with Crippen molar-refractivity contribution in [3.63, 3.8) is 0 Å². The Morgan fingerprint density at radius 1 is 1.50 bits per heavy atom. The van der Waals surface area contributed by atoms with Gasteiger partial charge in [0.1, 0.15) is 0 Å². The van der Waals surface area contributed by atoms with Gasteiger partial charge in [-0.15, -0.1) is 0 Å². The van der Waals surface area contributed by atoms with Crippen LogP contribution in [0.4, 0.5) is 0 Å². The molecule has 1 heterocycles. The van der Waals surface area contributed by atoms with E-state index in [2.05, 4.69) is 11.8 Å². The predicted octanol–water partition coefficient (Wildman–Crippen LogP) is 0.801. The molecule has 0 spiro atoms. The van der Waals surface area contributed by atoms with Crippen LogP contribution in [0.1, 0.15) is 19.8 Å². The van der Waals surface area contributed by atoms with E-state index >= 15 is 0 Å². The molecule has 12 heavy (non-hydrogen) atoms. The molecule has 1 unspecified atom stereocenters. The summed E-state index contributed by atoms with van der Waals surface area (Å²) < 4.78 is 0. The maximum Gasteiger partial charge on any atom is 0.309 e. The van der Waals surface area contributed by atoms with Gasteiger partial charge in [0.05, 0.1) is 5.92 Å². The third-order valence-corrected chi connectivity index (χ3v) is 3.14. The summed E-state index contributed by atoms with van der Waals surface area (Å²) in [6.07, 6.45) is 2.69. The fraction of sp³-hybridized carbons (Fsp3) is 0.889. The van der Waals surface area contributed by atoms with Crippen LogP contribution in [0.3, 0.4) is 0 Å². The molecule has 1 saturated heterocycles. The molecule has 2 aliphatic rings. The van der Waals surface area contributed by atoms with Crippen molar-refractivity contribution in [1.29, 1.82) is 0 Å². The molecule has 3 nitrogen and oxygen atoms in total. The summed E-state index contributed by atoms with van der Waals surface area (Å²) in [4.78, 5) is 12.8. The number of carboxylic acids is 1. The third-order valence-electron chi connectivity index (χ3n) is 3.14. The second-order valence-corrected chi connectivity index (χ2v) is 4.07. The van der Waals surface area contributed by atoms with Crippen molar-refractivity contribution >= 4 is 5.97 Å². The third kappa shape index (κ3) is 1.33. The molecule has 0 bridgehead atoms. The van der Waals surface area contributed by atoms with Gasteiger partial charge in [-0.25, -0.2) is 0 Å².